The molecule has 0 saturated heterocycles. The van der Waals surface area contributed by atoms with Gasteiger partial charge in [-0.2, -0.15) is 0 Å². The number of benzene rings is 1. The van der Waals surface area contributed by atoms with Gasteiger partial charge in [0, 0.05) is 6.42 Å². The fourth-order valence-electron chi connectivity index (χ4n) is 1.13. The van der Waals surface area contributed by atoms with Crippen LogP contribution >= 0.6 is 0 Å². The lowest BCUT2D eigenvalue weighted by Crippen LogP contribution is -2.03. The molecule has 0 aliphatic heterocycles. The van der Waals surface area contributed by atoms with Crippen LogP contribution in [0.25, 0.3) is 0 Å². The summed E-state index contributed by atoms with van der Waals surface area (Å²) < 4.78 is 5.32. The molecule has 15 heavy (non-hydrogen) atoms. The lowest BCUT2D eigenvalue weighted by Gasteiger charge is -2.07. The molecule has 0 aliphatic carbocycles. The maximum absolute atomic E-state index is 10.8. The maximum atomic E-state index is 10.8. The van der Waals surface area contributed by atoms with Crippen molar-refractivity contribution in [2.24, 2.45) is 0 Å². The first-order chi connectivity index (χ1) is 7.25. The molecule has 0 saturated carbocycles. The van der Waals surface area contributed by atoms with Crippen LogP contribution < -0.4 is 4.74 Å². The van der Waals surface area contributed by atoms with Gasteiger partial charge in [-0.25, -0.2) is 4.79 Å². The van der Waals surface area contributed by atoms with Crippen LogP contribution in [0.2, 0.25) is 0 Å². The highest BCUT2D eigenvalue weighted by molar-refractivity contribution is 5.90. The summed E-state index contributed by atoms with van der Waals surface area (Å²) in [4.78, 5) is 10.8. The van der Waals surface area contributed by atoms with E-state index in [0.29, 0.717) is 18.8 Å². The van der Waals surface area contributed by atoms with Crippen LogP contribution in [0.5, 0.6) is 5.75 Å². The highest BCUT2D eigenvalue weighted by Gasteiger charge is 2.09. The van der Waals surface area contributed by atoms with Crippen molar-refractivity contribution in [1.82, 2.24) is 0 Å². The lowest BCUT2D eigenvalue weighted by molar-refractivity contribution is 0.0692. The third-order valence-electron chi connectivity index (χ3n) is 1.84. The van der Waals surface area contributed by atoms with Gasteiger partial charge in [0.15, 0.2) is 0 Å². The van der Waals surface area contributed by atoms with Crippen molar-refractivity contribution in [3.05, 3.63) is 29.8 Å². The number of carbonyl (C=O) groups is 1. The molecule has 0 aromatic heterocycles. The van der Waals surface area contributed by atoms with Crippen LogP contribution in [-0.4, -0.2) is 17.7 Å². The molecule has 3 heteroatoms. The topological polar surface area (TPSA) is 46.5 Å². The number of para-hydroxylation sites is 1. The van der Waals surface area contributed by atoms with E-state index in [-0.39, 0.29) is 5.56 Å². The van der Waals surface area contributed by atoms with Crippen molar-refractivity contribution in [3.63, 3.8) is 0 Å². The average Bonchev–Trinajstić information content (AvgIpc) is 2.25. The van der Waals surface area contributed by atoms with Crippen LogP contribution in [0.15, 0.2) is 24.3 Å². The third-order valence-corrected chi connectivity index (χ3v) is 1.84. The Bertz CT molecular complexity index is 377. The van der Waals surface area contributed by atoms with Gasteiger partial charge >= 0.3 is 5.97 Å². The van der Waals surface area contributed by atoms with E-state index in [1.165, 1.54) is 6.07 Å². The van der Waals surface area contributed by atoms with Crippen LogP contribution in [0.1, 0.15) is 23.2 Å². The first-order valence-electron chi connectivity index (χ1n) is 4.64. The van der Waals surface area contributed by atoms with E-state index in [2.05, 4.69) is 5.92 Å². The Morgan fingerprint density at radius 2 is 2.20 bits per heavy atom. The second kappa shape index (κ2) is 5.71. The molecule has 0 unspecified atom stereocenters. The Balaban J connectivity index is 2.60. The first kappa shape index (κ1) is 11.1. The number of hydrogen-bond acceptors (Lipinski definition) is 2. The van der Waals surface area contributed by atoms with Crippen molar-refractivity contribution in [2.75, 3.05) is 6.61 Å². The number of aromatic carboxylic acids is 1. The van der Waals surface area contributed by atoms with E-state index in [4.69, 9.17) is 16.3 Å². The summed E-state index contributed by atoms with van der Waals surface area (Å²) in [5.41, 5.74) is 0.179. The minimum Gasteiger partial charge on any atom is -0.493 e. The van der Waals surface area contributed by atoms with Gasteiger partial charge in [0.05, 0.1) is 6.61 Å². The molecule has 1 N–H and O–H groups in total. The molecule has 1 aromatic rings. The van der Waals surface area contributed by atoms with Crippen LogP contribution in [0, 0.1) is 12.3 Å². The van der Waals surface area contributed by atoms with Crippen LogP contribution in [0.3, 0.4) is 0 Å². The van der Waals surface area contributed by atoms with E-state index in [0.717, 1.165) is 6.42 Å². The number of terminal acetylenes is 1. The summed E-state index contributed by atoms with van der Waals surface area (Å²) in [6.07, 6.45) is 6.45. The zero-order valence-corrected chi connectivity index (χ0v) is 8.27. The summed E-state index contributed by atoms with van der Waals surface area (Å²) in [6, 6.07) is 6.55. The average molecular weight is 204 g/mol. The second-order valence-electron chi connectivity index (χ2n) is 2.96. The van der Waals surface area contributed by atoms with E-state index < -0.39 is 5.97 Å². The summed E-state index contributed by atoms with van der Waals surface area (Å²) in [7, 11) is 0. The lowest BCUT2D eigenvalue weighted by atomic mass is 10.2. The van der Waals surface area contributed by atoms with Crippen molar-refractivity contribution in [2.45, 2.75) is 12.8 Å². The summed E-state index contributed by atoms with van der Waals surface area (Å²) >= 11 is 0. The number of unbranched alkanes of at least 4 members (excludes halogenated alkanes) is 1. The van der Waals surface area contributed by atoms with Gasteiger partial charge in [0.25, 0.3) is 0 Å². The van der Waals surface area contributed by atoms with E-state index in [1.807, 2.05) is 0 Å². The number of carboxylic acids is 1. The fraction of sp³-hybridized carbons (Fsp3) is 0.250. The van der Waals surface area contributed by atoms with Gasteiger partial charge in [0.2, 0.25) is 0 Å². The summed E-state index contributed by atoms with van der Waals surface area (Å²) in [5, 5.41) is 8.86. The van der Waals surface area contributed by atoms with Gasteiger partial charge < -0.3 is 9.84 Å². The summed E-state index contributed by atoms with van der Waals surface area (Å²) in [5.74, 6) is 1.90. The fourth-order valence-corrected chi connectivity index (χ4v) is 1.13. The number of ether oxygens (including phenoxy) is 1. The Kier molecular flexibility index (Phi) is 4.24. The number of carboxylic acid groups (broad SMARTS) is 1. The van der Waals surface area contributed by atoms with Crippen LogP contribution in [0.4, 0.5) is 0 Å². The van der Waals surface area contributed by atoms with Crippen LogP contribution in [-0.2, 0) is 0 Å². The molecule has 0 radical (unpaired) electrons. The third kappa shape index (κ3) is 3.35. The number of hydrogen-bond donors (Lipinski definition) is 1. The Morgan fingerprint density at radius 3 is 2.87 bits per heavy atom. The highest BCUT2D eigenvalue weighted by atomic mass is 16.5. The first-order valence-corrected chi connectivity index (χ1v) is 4.64. The zero-order chi connectivity index (χ0) is 11.1. The Morgan fingerprint density at radius 1 is 1.47 bits per heavy atom. The molecular weight excluding hydrogens is 192 g/mol. The molecule has 3 nitrogen and oxygen atoms in total. The van der Waals surface area contributed by atoms with Gasteiger partial charge in [-0.05, 0) is 18.6 Å². The Labute approximate surface area is 88.7 Å². The molecule has 0 fully saturated rings. The molecule has 0 spiro atoms. The quantitative estimate of drug-likeness (QED) is 0.590. The van der Waals surface area contributed by atoms with Gasteiger partial charge in [-0.15, -0.1) is 12.3 Å². The number of rotatable bonds is 5. The SMILES string of the molecule is C#CCCCOc1ccccc1C(=O)O. The zero-order valence-electron chi connectivity index (χ0n) is 8.27. The van der Waals surface area contributed by atoms with Crippen molar-refractivity contribution < 1.29 is 14.6 Å². The monoisotopic (exact) mass is 204 g/mol. The van der Waals surface area contributed by atoms with Gasteiger partial charge in [-0.3, -0.25) is 0 Å². The maximum Gasteiger partial charge on any atom is 0.339 e. The molecular formula is C12H12O3. The molecule has 78 valence electrons. The Hall–Kier alpha value is -1.95. The predicted molar refractivity (Wildman–Crippen MR) is 57.0 cm³/mol. The largest absolute Gasteiger partial charge is 0.493 e. The van der Waals surface area contributed by atoms with E-state index in [1.54, 1.807) is 18.2 Å². The van der Waals surface area contributed by atoms with Crippen molar-refractivity contribution >= 4 is 5.97 Å². The smallest absolute Gasteiger partial charge is 0.339 e. The molecule has 1 aromatic carbocycles. The van der Waals surface area contributed by atoms with Gasteiger partial charge in [0.1, 0.15) is 11.3 Å². The minimum absolute atomic E-state index is 0.179. The van der Waals surface area contributed by atoms with Crippen molar-refractivity contribution in [3.8, 4) is 18.1 Å². The van der Waals surface area contributed by atoms with Gasteiger partial charge in [-0.1, -0.05) is 12.1 Å². The van der Waals surface area contributed by atoms with E-state index in [9.17, 15) is 4.79 Å². The van der Waals surface area contributed by atoms with Crippen molar-refractivity contribution in [1.29, 1.82) is 0 Å². The normalized spacial score (nSPS) is 9.27. The molecule has 1 rings (SSSR count). The molecule has 0 atom stereocenters. The second-order valence-corrected chi connectivity index (χ2v) is 2.96. The molecule has 0 heterocycles. The highest BCUT2D eigenvalue weighted by Crippen LogP contribution is 2.17. The van der Waals surface area contributed by atoms with E-state index >= 15 is 0 Å². The standard InChI is InChI=1S/C12H12O3/c1-2-3-6-9-15-11-8-5-4-7-10(11)12(13)14/h1,4-5,7-8H,3,6,9H2,(H,13,14). The molecule has 0 bridgehead atoms. The molecule has 0 amide bonds. The summed E-state index contributed by atoms with van der Waals surface area (Å²) in [6.45, 7) is 0.439. The molecule has 0 aliphatic rings. The minimum atomic E-state index is -0.984. The predicted octanol–water partition coefficient (Wildman–Crippen LogP) is 2.18.